The monoisotopic (exact) mass is 437 g/mol. The minimum Gasteiger partial charge on any atom is -0.497 e. The van der Waals surface area contributed by atoms with Gasteiger partial charge in [0, 0.05) is 6.20 Å². The molecule has 0 saturated carbocycles. The van der Waals surface area contributed by atoms with Gasteiger partial charge in [0.05, 0.1) is 20.9 Å². The number of carbonyl (C=O) groups is 1. The number of nitrogens with zero attached hydrogens (tertiary/aromatic N) is 1. The Morgan fingerprint density at radius 2 is 1.58 bits per heavy atom. The second kappa shape index (κ2) is 10.5. The molecule has 0 saturated heterocycles. The van der Waals surface area contributed by atoms with Gasteiger partial charge in [-0.05, 0) is 62.2 Å². The summed E-state index contributed by atoms with van der Waals surface area (Å²) in [5.74, 6) is 0.734. The zero-order valence-electron chi connectivity index (χ0n) is 19.8. The van der Waals surface area contributed by atoms with Crippen LogP contribution in [-0.2, 0) is 4.74 Å². The Bertz CT molecular complexity index is 891. The average Bonchev–Trinajstić information content (AvgIpc) is 2.69. The van der Waals surface area contributed by atoms with E-state index in [9.17, 15) is 4.79 Å². The molecule has 0 aromatic heterocycles. The standard InChI is InChI=1S/C26H35NO3Si/c1-26(2,3)30-25(28)27(22-16-18-23(29-4)19-17-22)20-12-11-15-24(31(5,6)7)21-13-9-8-10-14-21/h8-20,24H,1-7H3/b15-11+,20-12-/t24-/m0/s1. The Morgan fingerprint density at radius 1 is 0.968 bits per heavy atom. The first-order valence-electron chi connectivity index (χ1n) is 10.6. The van der Waals surface area contributed by atoms with E-state index < -0.39 is 19.8 Å². The Balaban J connectivity index is 2.28. The SMILES string of the molecule is COc1ccc(N(/C=C\C=C\[C@@H](c2ccccc2)[Si](C)(C)C)C(=O)OC(C)(C)C)cc1. The summed E-state index contributed by atoms with van der Waals surface area (Å²) < 4.78 is 10.8. The number of rotatable bonds is 7. The topological polar surface area (TPSA) is 38.8 Å². The molecule has 1 atom stereocenters. The van der Waals surface area contributed by atoms with Gasteiger partial charge in [0.15, 0.2) is 0 Å². The fraction of sp³-hybridized carbons (Fsp3) is 0.346. The summed E-state index contributed by atoms with van der Waals surface area (Å²) in [5.41, 5.74) is 1.84. The van der Waals surface area contributed by atoms with E-state index in [1.165, 1.54) is 10.5 Å². The van der Waals surface area contributed by atoms with Crippen molar-refractivity contribution in [2.24, 2.45) is 0 Å². The van der Waals surface area contributed by atoms with E-state index >= 15 is 0 Å². The van der Waals surface area contributed by atoms with E-state index in [2.05, 4.69) is 50.0 Å². The molecule has 0 aliphatic rings. The quantitative estimate of drug-likeness (QED) is 0.340. The van der Waals surface area contributed by atoms with Gasteiger partial charge in [-0.1, -0.05) is 62.1 Å². The van der Waals surface area contributed by atoms with Gasteiger partial charge in [0.1, 0.15) is 11.4 Å². The first-order chi connectivity index (χ1) is 14.5. The Kier molecular flexibility index (Phi) is 8.28. The van der Waals surface area contributed by atoms with Crippen molar-refractivity contribution in [3.05, 3.63) is 84.6 Å². The maximum absolute atomic E-state index is 12.8. The summed E-state index contributed by atoms with van der Waals surface area (Å²) in [7, 11) is 0.146. The number of carbonyl (C=O) groups excluding carboxylic acids is 1. The number of anilines is 1. The number of methoxy groups -OCH3 is 1. The van der Waals surface area contributed by atoms with Crippen LogP contribution in [0.2, 0.25) is 19.6 Å². The second-order valence-electron chi connectivity index (χ2n) is 9.53. The van der Waals surface area contributed by atoms with Gasteiger partial charge in [0.2, 0.25) is 0 Å². The van der Waals surface area contributed by atoms with E-state index in [4.69, 9.17) is 9.47 Å². The van der Waals surface area contributed by atoms with Crippen LogP contribution in [0.1, 0.15) is 31.9 Å². The number of ether oxygens (including phenoxy) is 2. The molecule has 1 amide bonds. The normalized spacial score (nSPS) is 13.4. The number of amides is 1. The van der Waals surface area contributed by atoms with Crippen molar-refractivity contribution in [1.29, 1.82) is 0 Å². The fourth-order valence-corrected chi connectivity index (χ4v) is 5.06. The third-order valence-corrected chi connectivity index (χ3v) is 7.07. The summed E-state index contributed by atoms with van der Waals surface area (Å²) >= 11 is 0. The lowest BCUT2D eigenvalue weighted by Crippen LogP contribution is -2.33. The third kappa shape index (κ3) is 7.76. The summed E-state index contributed by atoms with van der Waals surface area (Å²) in [6, 6.07) is 17.9. The molecule has 0 fully saturated rings. The molecule has 2 aromatic rings. The molecule has 2 aromatic carbocycles. The molecule has 0 spiro atoms. The number of allylic oxidation sites excluding steroid dienone is 3. The smallest absolute Gasteiger partial charge is 0.418 e. The first kappa shape index (κ1) is 24.5. The second-order valence-corrected chi connectivity index (χ2v) is 14.9. The van der Waals surface area contributed by atoms with Crippen molar-refractivity contribution in [2.45, 2.75) is 51.6 Å². The van der Waals surface area contributed by atoms with Crippen molar-refractivity contribution in [2.75, 3.05) is 12.0 Å². The summed E-state index contributed by atoms with van der Waals surface area (Å²) in [4.78, 5) is 14.3. The fourth-order valence-electron chi connectivity index (χ4n) is 3.18. The van der Waals surface area contributed by atoms with Gasteiger partial charge >= 0.3 is 6.09 Å². The van der Waals surface area contributed by atoms with Crippen molar-refractivity contribution < 1.29 is 14.3 Å². The highest BCUT2D eigenvalue weighted by Crippen LogP contribution is 2.28. The van der Waals surface area contributed by atoms with Crippen LogP contribution >= 0.6 is 0 Å². The molecule has 0 aliphatic carbocycles. The summed E-state index contributed by atoms with van der Waals surface area (Å²) in [6.45, 7) is 12.7. The van der Waals surface area contributed by atoms with Crippen LogP contribution in [0.5, 0.6) is 5.75 Å². The first-order valence-corrected chi connectivity index (χ1v) is 14.2. The molecule has 0 heterocycles. The maximum atomic E-state index is 12.8. The van der Waals surface area contributed by atoms with Crippen LogP contribution in [0, 0.1) is 0 Å². The third-order valence-electron chi connectivity index (χ3n) is 4.68. The van der Waals surface area contributed by atoms with E-state index in [0.717, 1.165) is 5.75 Å². The Hall–Kier alpha value is -2.79. The summed E-state index contributed by atoms with van der Waals surface area (Å²) in [5, 5.41) is 0. The largest absolute Gasteiger partial charge is 0.497 e. The van der Waals surface area contributed by atoms with Crippen LogP contribution in [0.4, 0.5) is 10.5 Å². The highest BCUT2D eigenvalue weighted by Gasteiger charge is 2.25. The summed E-state index contributed by atoms with van der Waals surface area (Å²) in [6.07, 6.45) is 7.48. The van der Waals surface area contributed by atoms with Crippen LogP contribution < -0.4 is 9.64 Å². The van der Waals surface area contributed by atoms with Gasteiger partial charge in [-0.15, -0.1) is 0 Å². The van der Waals surface area contributed by atoms with E-state index in [-0.39, 0.29) is 0 Å². The average molecular weight is 438 g/mol. The molecule has 0 radical (unpaired) electrons. The van der Waals surface area contributed by atoms with Crippen molar-refractivity contribution in [3.63, 3.8) is 0 Å². The van der Waals surface area contributed by atoms with Crippen molar-refractivity contribution >= 4 is 19.9 Å². The van der Waals surface area contributed by atoms with Crippen LogP contribution in [-0.4, -0.2) is 26.9 Å². The van der Waals surface area contributed by atoms with Gasteiger partial charge in [-0.2, -0.15) is 0 Å². The number of hydrogen-bond acceptors (Lipinski definition) is 3. The van der Waals surface area contributed by atoms with Crippen LogP contribution in [0.25, 0.3) is 0 Å². The molecule has 0 unspecified atom stereocenters. The van der Waals surface area contributed by atoms with Gasteiger partial charge in [0.25, 0.3) is 0 Å². The van der Waals surface area contributed by atoms with Gasteiger partial charge in [-0.25, -0.2) is 4.79 Å². The highest BCUT2D eigenvalue weighted by molar-refractivity contribution is 6.78. The van der Waals surface area contributed by atoms with Crippen molar-refractivity contribution in [1.82, 2.24) is 0 Å². The van der Waals surface area contributed by atoms with Crippen LogP contribution in [0.15, 0.2) is 79.0 Å². The van der Waals surface area contributed by atoms with Gasteiger partial charge in [-0.3, -0.25) is 4.90 Å². The van der Waals surface area contributed by atoms with E-state index in [1.54, 1.807) is 13.3 Å². The molecule has 0 aliphatic heterocycles. The molecule has 0 N–H and O–H groups in total. The zero-order chi connectivity index (χ0) is 23.1. The highest BCUT2D eigenvalue weighted by atomic mass is 28.3. The van der Waals surface area contributed by atoms with E-state index in [1.807, 2.05) is 63.3 Å². The predicted octanol–water partition coefficient (Wildman–Crippen LogP) is 7.17. The van der Waals surface area contributed by atoms with Gasteiger partial charge < -0.3 is 9.47 Å². The molecule has 0 bridgehead atoms. The lowest BCUT2D eigenvalue weighted by Gasteiger charge is -2.26. The molecule has 4 nitrogen and oxygen atoms in total. The zero-order valence-corrected chi connectivity index (χ0v) is 20.8. The molecule has 2 rings (SSSR count). The minimum atomic E-state index is -1.47. The molecule has 166 valence electrons. The number of benzene rings is 2. The maximum Gasteiger partial charge on any atom is 0.418 e. The minimum absolute atomic E-state index is 0.384. The Labute approximate surface area is 188 Å². The van der Waals surface area contributed by atoms with Crippen molar-refractivity contribution in [3.8, 4) is 5.75 Å². The Morgan fingerprint density at radius 3 is 2.10 bits per heavy atom. The molecular formula is C26H35NO3Si. The van der Waals surface area contributed by atoms with Crippen LogP contribution in [0.3, 0.4) is 0 Å². The lowest BCUT2D eigenvalue weighted by molar-refractivity contribution is 0.0596. The molecule has 5 heteroatoms. The lowest BCUT2D eigenvalue weighted by atomic mass is 10.1. The molecule has 31 heavy (non-hydrogen) atoms. The predicted molar refractivity (Wildman–Crippen MR) is 133 cm³/mol. The molecular weight excluding hydrogens is 402 g/mol. The van der Waals surface area contributed by atoms with E-state index in [0.29, 0.717) is 11.2 Å². The number of hydrogen-bond donors (Lipinski definition) is 0.